The van der Waals surface area contributed by atoms with E-state index in [0.717, 1.165) is 23.7 Å². The Hall–Kier alpha value is -0.440. The number of hydrogen-bond donors (Lipinski definition) is 1. The van der Waals surface area contributed by atoms with Crippen LogP contribution in [0.3, 0.4) is 0 Å². The molecule has 3 heteroatoms. The van der Waals surface area contributed by atoms with Crippen LogP contribution in [-0.4, -0.2) is 18.3 Å². The van der Waals surface area contributed by atoms with Crippen LogP contribution in [0.4, 0.5) is 0 Å². The summed E-state index contributed by atoms with van der Waals surface area (Å²) in [5, 5.41) is 4.38. The number of halogens is 1. The number of thioether (sulfide) groups is 1. The smallest absolute Gasteiger partial charge is 0.0541 e. The van der Waals surface area contributed by atoms with Gasteiger partial charge in [-0.05, 0) is 37.9 Å². The minimum atomic E-state index is 0.552. The molecule has 0 heterocycles. The molecule has 0 spiro atoms. The van der Waals surface area contributed by atoms with Crippen LogP contribution >= 0.6 is 23.4 Å². The van der Waals surface area contributed by atoms with Crippen LogP contribution in [0.25, 0.3) is 0 Å². The maximum atomic E-state index is 6.16. The maximum absolute atomic E-state index is 6.16. The average molecular weight is 284 g/mol. The lowest BCUT2D eigenvalue weighted by molar-refractivity contribution is 0.521. The highest BCUT2D eigenvalue weighted by Gasteiger charge is 2.08. The Balaban J connectivity index is 2.41. The van der Waals surface area contributed by atoms with Crippen molar-refractivity contribution < 1.29 is 0 Å². The van der Waals surface area contributed by atoms with Crippen molar-refractivity contribution in [2.45, 2.75) is 37.1 Å². The molecule has 0 aliphatic heterocycles. The molecule has 1 aromatic rings. The predicted octanol–water partition coefficient (Wildman–Crippen LogP) is 4.77. The molecule has 0 aliphatic rings. The number of rotatable bonds is 9. The number of allylic oxidation sites excluding steroid dienone is 1. The van der Waals surface area contributed by atoms with Gasteiger partial charge >= 0.3 is 0 Å². The Morgan fingerprint density at radius 2 is 2.22 bits per heavy atom. The van der Waals surface area contributed by atoms with Gasteiger partial charge in [0.15, 0.2) is 0 Å². The molecule has 0 bridgehead atoms. The van der Waals surface area contributed by atoms with E-state index < -0.39 is 0 Å². The van der Waals surface area contributed by atoms with Crippen molar-refractivity contribution in [3.8, 4) is 0 Å². The molecule has 1 aromatic carbocycles. The van der Waals surface area contributed by atoms with E-state index in [4.69, 9.17) is 11.6 Å². The van der Waals surface area contributed by atoms with Crippen LogP contribution in [0.5, 0.6) is 0 Å². The van der Waals surface area contributed by atoms with E-state index >= 15 is 0 Å². The molecule has 1 N–H and O–H groups in total. The van der Waals surface area contributed by atoms with Crippen molar-refractivity contribution in [3.05, 3.63) is 41.9 Å². The van der Waals surface area contributed by atoms with Gasteiger partial charge in [-0.2, -0.15) is 0 Å². The van der Waals surface area contributed by atoms with Gasteiger partial charge < -0.3 is 5.32 Å². The Labute approximate surface area is 120 Å². The molecule has 0 fully saturated rings. The molecule has 100 valence electrons. The van der Waals surface area contributed by atoms with E-state index in [0.29, 0.717) is 6.04 Å². The second kappa shape index (κ2) is 9.48. The van der Waals surface area contributed by atoms with Crippen molar-refractivity contribution in [2.24, 2.45) is 0 Å². The maximum Gasteiger partial charge on any atom is 0.0541 e. The van der Waals surface area contributed by atoms with E-state index in [1.807, 2.05) is 36.0 Å². The predicted molar refractivity (Wildman–Crippen MR) is 83.7 cm³/mol. The first-order chi connectivity index (χ1) is 8.77. The molecule has 1 atom stereocenters. The van der Waals surface area contributed by atoms with Gasteiger partial charge in [0, 0.05) is 16.7 Å². The van der Waals surface area contributed by atoms with Gasteiger partial charge in [0.25, 0.3) is 0 Å². The zero-order valence-electron chi connectivity index (χ0n) is 11.0. The lowest BCUT2D eigenvalue weighted by Crippen LogP contribution is -2.31. The third-order valence-corrected chi connectivity index (χ3v) is 4.41. The van der Waals surface area contributed by atoms with E-state index in [1.165, 1.54) is 17.7 Å². The van der Waals surface area contributed by atoms with Gasteiger partial charge in [0.2, 0.25) is 0 Å². The fourth-order valence-electron chi connectivity index (χ4n) is 1.79. The molecule has 0 saturated heterocycles. The minimum Gasteiger partial charge on any atom is -0.313 e. The Bertz CT molecular complexity index is 354. The zero-order chi connectivity index (χ0) is 13.2. The van der Waals surface area contributed by atoms with Gasteiger partial charge in [0.1, 0.15) is 0 Å². The number of nitrogens with one attached hydrogen (secondary N) is 1. The minimum absolute atomic E-state index is 0.552. The summed E-state index contributed by atoms with van der Waals surface area (Å²) < 4.78 is 0. The summed E-state index contributed by atoms with van der Waals surface area (Å²) in [7, 11) is 0. The van der Waals surface area contributed by atoms with Crippen LogP contribution in [0.15, 0.2) is 41.8 Å². The molecule has 0 radical (unpaired) electrons. The first-order valence-corrected chi connectivity index (χ1v) is 7.86. The third-order valence-electron chi connectivity index (χ3n) is 2.73. The molecule has 0 saturated carbocycles. The highest BCUT2D eigenvalue weighted by atomic mass is 35.5. The number of benzene rings is 1. The lowest BCUT2D eigenvalue weighted by atomic mass is 10.1. The SMILES string of the molecule is C=CCCCC(CSc1ccccc1Cl)NCC. The van der Waals surface area contributed by atoms with E-state index in [2.05, 4.69) is 24.9 Å². The van der Waals surface area contributed by atoms with Crippen LogP contribution in [-0.2, 0) is 0 Å². The van der Waals surface area contributed by atoms with Gasteiger partial charge in [-0.3, -0.25) is 0 Å². The summed E-state index contributed by atoms with van der Waals surface area (Å²) in [5.74, 6) is 1.06. The van der Waals surface area contributed by atoms with Crippen molar-refractivity contribution in [2.75, 3.05) is 12.3 Å². The van der Waals surface area contributed by atoms with Crippen molar-refractivity contribution in [3.63, 3.8) is 0 Å². The molecule has 0 amide bonds. The molecule has 1 nitrogen and oxygen atoms in total. The van der Waals surface area contributed by atoms with Crippen LogP contribution in [0.1, 0.15) is 26.2 Å². The molecule has 1 rings (SSSR count). The standard InChI is InChI=1S/C15H22ClNS/c1-3-5-6-9-13(17-4-2)12-18-15-11-8-7-10-14(15)16/h3,7-8,10-11,13,17H,1,4-6,9,12H2,2H3. The quantitative estimate of drug-likeness (QED) is 0.398. The number of unbranched alkanes of at least 4 members (excludes halogenated alkanes) is 1. The molecule has 18 heavy (non-hydrogen) atoms. The van der Waals surface area contributed by atoms with Crippen molar-refractivity contribution in [1.82, 2.24) is 5.32 Å². The summed E-state index contributed by atoms with van der Waals surface area (Å²) in [6.07, 6.45) is 5.48. The Morgan fingerprint density at radius 1 is 1.44 bits per heavy atom. The first kappa shape index (κ1) is 15.6. The second-order valence-corrected chi connectivity index (χ2v) is 5.68. The third kappa shape index (κ3) is 5.94. The number of hydrogen-bond acceptors (Lipinski definition) is 2. The highest BCUT2D eigenvalue weighted by molar-refractivity contribution is 7.99. The van der Waals surface area contributed by atoms with Crippen molar-refractivity contribution >= 4 is 23.4 Å². The van der Waals surface area contributed by atoms with Crippen LogP contribution in [0.2, 0.25) is 5.02 Å². The van der Waals surface area contributed by atoms with Gasteiger partial charge in [-0.1, -0.05) is 36.7 Å². The summed E-state index contributed by atoms with van der Waals surface area (Å²) in [4.78, 5) is 1.17. The molecular weight excluding hydrogens is 262 g/mol. The monoisotopic (exact) mass is 283 g/mol. The zero-order valence-corrected chi connectivity index (χ0v) is 12.6. The summed E-state index contributed by atoms with van der Waals surface area (Å²) in [6.45, 7) is 6.93. The molecule has 0 aromatic heterocycles. The summed E-state index contributed by atoms with van der Waals surface area (Å²) in [5.41, 5.74) is 0. The van der Waals surface area contributed by atoms with E-state index in [9.17, 15) is 0 Å². The Morgan fingerprint density at radius 3 is 2.89 bits per heavy atom. The van der Waals surface area contributed by atoms with Gasteiger partial charge in [0.05, 0.1) is 5.02 Å². The molecular formula is C15H22ClNS. The van der Waals surface area contributed by atoms with Crippen LogP contribution in [0, 0.1) is 0 Å². The Kier molecular flexibility index (Phi) is 8.23. The highest BCUT2D eigenvalue weighted by Crippen LogP contribution is 2.27. The largest absolute Gasteiger partial charge is 0.313 e. The average Bonchev–Trinajstić information content (AvgIpc) is 2.38. The van der Waals surface area contributed by atoms with Crippen LogP contribution < -0.4 is 5.32 Å². The lowest BCUT2D eigenvalue weighted by Gasteiger charge is -2.17. The van der Waals surface area contributed by atoms with Gasteiger partial charge in [-0.25, -0.2) is 0 Å². The van der Waals surface area contributed by atoms with Crippen molar-refractivity contribution in [1.29, 1.82) is 0 Å². The molecule has 1 unspecified atom stereocenters. The topological polar surface area (TPSA) is 12.0 Å². The fourth-order valence-corrected chi connectivity index (χ4v) is 3.14. The van der Waals surface area contributed by atoms with Gasteiger partial charge in [-0.15, -0.1) is 18.3 Å². The second-order valence-electron chi connectivity index (χ2n) is 4.22. The first-order valence-electron chi connectivity index (χ1n) is 6.49. The summed E-state index contributed by atoms with van der Waals surface area (Å²) >= 11 is 7.99. The van der Waals surface area contributed by atoms with E-state index in [-0.39, 0.29) is 0 Å². The fraction of sp³-hybridized carbons (Fsp3) is 0.467. The normalized spacial score (nSPS) is 12.3. The van der Waals surface area contributed by atoms with E-state index in [1.54, 1.807) is 0 Å². The molecule has 0 aliphatic carbocycles. The summed E-state index contributed by atoms with van der Waals surface area (Å²) in [6, 6.07) is 8.59.